The van der Waals surface area contributed by atoms with E-state index in [4.69, 9.17) is 10.2 Å². The van der Waals surface area contributed by atoms with Gasteiger partial charge in [0.05, 0.1) is 39.6 Å². The van der Waals surface area contributed by atoms with Crippen molar-refractivity contribution in [1.29, 1.82) is 0 Å². The van der Waals surface area contributed by atoms with Crippen molar-refractivity contribution in [2.24, 2.45) is 14.1 Å². The molecule has 0 radical (unpaired) electrons. The van der Waals surface area contributed by atoms with Gasteiger partial charge in [-0.2, -0.15) is 10.2 Å². The standard InChI is InChI=1S/C47H38N6/c1-47(2,45-29-43(31-15-7-5-8-16-31)52(48-45)33-23-25-41-37(27-33)35-19-11-13-21-39(35)50(41)3)46-30-44(32-17-9-6-10-18-32)53(49-46)34-24-26-42-38(28-34)36-20-12-14-22-40(36)51(42)4/h5-30H,1-4H3. The quantitative estimate of drug-likeness (QED) is 0.175. The molecule has 256 valence electrons. The van der Waals surface area contributed by atoms with Gasteiger partial charge in [0, 0.05) is 68.8 Å². The van der Waals surface area contributed by atoms with E-state index in [1.165, 1.54) is 43.6 Å². The monoisotopic (exact) mass is 686 g/mol. The second-order valence-corrected chi connectivity index (χ2v) is 14.6. The molecule has 10 aromatic rings. The van der Waals surface area contributed by atoms with Crippen LogP contribution in [0.25, 0.3) is 77.5 Å². The van der Waals surface area contributed by atoms with Gasteiger partial charge in [-0.05, 0) is 74.5 Å². The number of para-hydroxylation sites is 2. The third kappa shape index (κ3) is 4.79. The molecule has 0 amide bonds. The first-order valence-electron chi connectivity index (χ1n) is 18.1. The first kappa shape index (κ1) is 31.1. The van der Waals surface area contributed by atoms with E-state index >= 15 is 0 Å². The molecule has 0 bridgehead atoms. The molecular formula is C47H38N6. The molecule has 0 aliphatic carbocycles. The lowest BCUT2D eigenvalue weighted by atomic mass is 9.85. The minimum absolute atomic E-state index is 0.531. The SMILES string of the molecule is Cn1c2ccccc2c2cc(-n3nc(C(C)(C)c4cc(-c5ccccc5)n(-c5ccc6c(c5)c5ccccc5n6C)n4)cc3-c3ccccc3)ccc21. The van der Waals surface area contributed by atoms with Gasteiger partial charge in [0.25, 0.3) is 0 Å². The molecule has 6 aromatic carbocycles. The topological polar surface area (TPSA) is 45.5 Å². The lowest BCUT2D eigenvalue weighted by Gasteiger charge is -2.19. The summed E-state index contributed by atoms with van der Waals surface area (Å²) < 4.78 is 8.75. The Balaban J connectivity index is 1.15. The molecule has 0 aliphatic rings. The predicted octanol–water partition coefficient (Wildman–Crippen LogP) is 11.0. The third-order valence-electron chi connectivity index (χ3n) is 11.1. The summed E-state index contributed by atoms with van der Waals surface area (Å²) in [5.74, 6) is 0. The lowest BCUT2D eigenvalue weighted by Crippen LogP contribution is -2.21. The van der Waals surface area contributed by atoms with Gasteiger partial charge in [-0.1, -0.05) is 97.1 Å². The van der Waals surface area contributed by atoms with Crippen LogP contribution in [0.15, 0.2) is 158 Å². The van der Waals surface area contributed by atoms with Crippen LogP contribution in [0.1, 0.15) is 25.2 Å². The summed E-state index contributed by atoms with van der Waals surface area (Å²) in [5, 5.41) is 15.7. The van der Waals surface area contributed by atoms with Gasteiger partial charge in [0.15, 0.2) is 0 Å². The van der Waals surface area contributed by atoms with Crippen molar-refractivity contribution in [2.75, 3.05) is 0 Å². The van der Waals surface area contributed by atoms with E-state index in [0.29, 0.717) is 0 Å². The van der Waals surface area contributed by atoms with Gasteiger partial charge >= 0.3 is 0 Å². The number of hydrogen-bond donors (Lipinski definition) is 0. The second kappa shape index (κ2) is 11.7. The molecule has 0 atom stereocenters. The molecule has 0 spiro atoms. The van der Waals surface area contributed by atoms with E-state index in [-0.39, 0.29) is 0 Å². The molecule has 0 aliphatic heterocycles. The first-order chi connectivity index (χ1) is 25.9. The van der Waals surface area contributed by atoms with E-state index in [1.807, 2.05) is 0 Å². The number of aromatic nitrogens is 6. The van der Waals surface area contributed by atoms with Gasteiger partial charge in [-0.15, -0.1) is 0 Å². The van der Waals surface area contributed by atoms with Crippen molar-refractivity contribution in [3.8, 4) is 33.9 Å². The van der Waals surface area contributed by atoms with Crippen molar-refractivity contribution in [1.82, 2.24) is 28.7 Å². The van der Waals surface area contributed by atoms with Crippen LogP contribution in [-0.2, 0) is 19.5 Å². The van der Waals surface area contributed by atoms with Gasteiger partial charge < -0.3 is 9.13 Å². The number of aryl methyl sites for hydroxylation is 2. The molecule has 0 saturated heterocycles. The summed E-state index contributed by atoms with van der Waals surface area (Å²) in [6.45, 7) is 4.47. The van der Waals surface area contributed by atoms with Crippen molar-refractivity contribution in [2.45, 2.75) is 19.3 Å². The van der Waals surface area contributed by atoms with Crippen LogP contribution in [0.5, 0.6) is 0 Å². The maximum Gasteiger partial charge on any atom is 0.0752 e. The fourth-order valence-corrected chi connectivity index (χ4v) is 8.10. The Kier molecular flexibility index (Phi) is 6.86. The van der Waals surface area contributed by atoms with Crippen molar-refractivity contribution in [3.05, 3.63) is 169 Å². The van der Waals surface area contributed by atoms with Crippen LogP contribution in [0.2, 0.25) is 0 Å². The lowest BCUT2D eigenvalue weighted by molar-refractivity contribution is 0.577. The normalized spacial score (nSPS) is 12.2. The summed E-state index contributed by atoms with van der Waals surface area (Å²) in [5.41, 5.74) is 12.5. The molecule has 0 saturated carbocycles. The fourth-order valence-electron chi connectivity index (χ4n) is 8.10. The summed E-state index contributed by atoms with van der Waals surface area (Å²) in [6.07, 6.45) is 0. The highest BCUT2D eigenvalue weighted by Gasteiger charge is 2.32. The third-order valence-corrected chi connectivity index (χ3v) is 11.1. The molecule has 6 nitrogen and oxygen atoms in total. The Morgan fingerprint density at radius 2 is 0.774 bits per heavy atom. The average molecular weight is 687 g/mol. The Morgan fingerprint density at radius 1 is 0.396 bits per heavy atom. The second-order valence-electron chi connectivity index (χ2n) is 14.6. The molecule has 4 aromatic heterocycles. The molecule has 0 fully saturated rings. The van der Waals surface area contributed by atoms with Crippen molar-refractivity contribution >= 4 is 43.6 Å². The zero-order chi connectivity index (χ0) is 35.8. The number of hydrogen-bond acceptors (Lipinski definition) is 2. The Morgan fingerprint density at radius 3 is 1.21 bits per heavy atom. The van der Waals surface area contributed by atoms with Crippen LogP contribution >= 0.6 is 0 Å². The Labute approximate surface area is 307 Å². The van der Waals surface area contributed by atoms with Crippen molar-refractivity contribution in [3.63, 3.8) is 0 Å². The van der Waals surface area contributed by atoms with E-state index in [1.54, 1.807) is 0 Å². The van der Waals surface area contributed by atoms with Gasteiger partial charge in [-0.25, -0.2) is 9.36 Å². The zero-order valence-electron chi connectivity index (χ0n) is 30.2. The molecule has 4 heterocycles. The minimum atomic E-state index is -0.531. The largest absolute Gasteiger partial charge is 0.344 e. The molecule has 10 rings (SSSR count). The van der Waals surface area contributed by atoms with Crippen LogP contribution in [-0.4, -0.2) is 28.7 Å². The summed E-state index contributed by atoms with van der Waals surface area (Å²) in [6, 6.07) is 56.1. The highest BCUT2D eigenvalue weighted by atomic mass is 15.3. The van der Waals surface area contributed by atoms with Crippen LogP contribution < -0.4 is 0 Å². The van der Waals surface area contributed by atoms with Crippen LogP contribution in [0.4, 0.5) is 0 Å². The predicted molar refractivity (Wildman–Crippen MR) is 218 cm³/mol. The van der Waals surface area contributed by atoms with Crippen LogP contribution in [0.3, 0.4) is 0 Å². The Bertz CT molecular complexity index is 2790. The van der Waals surface area contributed by atoms with E-state index in [0.717, 1.165) is 45.3 Å². The number of benzene rings is 6. The fraction of sp³-hybridized carbons (Fsp3) is 0.106. The number of rotatable bonds is 6. The summed E-state index contributed by atoms with van der Waals surface area (Å²) in [7, 11) is 4.27. The van der Waals surface area contributed by atoms with Gasteiger partial charge in [-0.3, -0.25) is 0 Å². The van der Waals surface area contributed by atoms with E-state index in [9.17, 15) is 0 Å². The molecular weight excluding hydrogens is 649 g/mol. The molecule has 53 heavy (non-hydrogen) atoms. The summed E-state index contributed by atoms with van der Waals surface area (Å²) >= 11 is 0. The zero-order valence-corrected chi connectivity index (χ0v) is 30.2. The first-order valence-corrected chi connectivity index (χ1v) is 18.1. The highest BCUT2D eigenvalue weighted by Crippen LogP contribution is 2.39. The molecule has 0 unspecified atom stereocenters. The van der Waals surface area contributed by atoms with Crippen molar-refractivity contribution < 1.29 is 0 Å². The van der Waals surface area contributed by atoms with E-state index < -0.39 is 5.41 Å². The maximum atomic E-state index is 5.42. The average Bonchev–Trinajstić information content (AvgIpc) is 3.99. The summed E-state index contributed by atoms with van der Waals surface area (Å²) in [4.78, 5) is 0. The Hall–Kier alpha value is -6.66. The maximum absolute atomic E-state index is 5.42. The molecule has 0 N–H and O–H groups in total. The molecule has 6 heteroatoms. The minimum Gasteiger partial charge on any atom is -0.344 e. The van der Waals surface area contributed by atoms with E-state index in [2.05, 4.69) is 204 Å². The highest BCUT2D eigenvalue weighted by molar-refractivity contribution is 6.09. The number of fused-ring (bicyclic) bond motifs is 6. The number of nitrogens with zero attached hydrogens (tertiary/aromatic N) is 6. The smallest absolute Gasteiger partial charge is 0.0752 e. The van der Waals surface area contributed by atoms with Gasteiger partial charge in [0.1, 0.15) is 0 Å². The van der Waals surface area contributed by atoms with Gasteiger partial charge in [0.2, 0.25) is 0 Å². The van der Waals surface area contributed by atoms with Crippen LogP contribution in [0, 0.1) is 0 Å².